The molecule has 0 saturated carbocycles. The Hall–Kier alpha value is -3.81. The zero-order valence-corrected chi connectivity index (χ0v) is 27.9. The van der Waals surface area contributed by atoms with E-state index in [1.807, 2.05) is 16.8 Å². The number of halogens is 1. The van der Waals surface area contributed by atoms with Crippen molar-refractivity contribution in [2.24, 2.45) is 0 Å². The highest BCUT2D eigenvalue weighted by molar-refractivity contribution is 5.92. The zero-order chi connectivity index (χ0) is 33.3. The van der Waals surface area contributed by atoms with Gasteiger partial charge in [-0.1, -0.05) is 6.07 Å². The molecule has 1 aliphatic carbocycles. The fourth-order valence-electron chi connectivity index (χ4n) is 9.40. The van der Waals surface area contributed by atoms with Crippen LogP contribution in [-0.2, 0) is 42.9 Å². The minimum Gasteiger partial charge on any atom is -0.461 e. The van der Waals surface area contributed by atoms with Gasteiger partial charge >= 0.3 is 6.01 Å². The predicted octanol–water partition coefficient (Wildman–Crippen LogP) is 3.13. The van der Waals surface area contributed by atoms with Crippen LogP contribution in [0.3, 0.4) is 0 Å². The maximum absolute atomic E-state index is 14.6. The lowest BCUT2D eigenvalue weighted by molar-refractivity contribution is -0.0855. The first-order valence-corrected chi connectivity index (χ1v) is 18.0. The number of benzene rings is 1. The smallest absolute Gasteiger partial charge is 0.318 e. The molecule has 6 aliphatic rings. The van der Waals surface area contributed by atoms with Gasteiger partial charge in [0.2, 0.25) is 0 Å². The molecule has 0 bridgehead atoms. The third-order valence-corrected chi connectivity index (χ3v) is 11.9. The van der Waals surface area contributed by atoms with Crippen LogP contribution in [0.5, 0.6) is 6.01 Å². The number of β-amino-alcohol motifs (C(OH)–C–C–N with tert-alkyl or cyclic N) is 1. The van der Waals surface area contributed by atoms with E-state index in [4.69, 9.17) is 30.3 Å². The number of likely N-dealkylation sites (tertiary alicyclic amines) is 1. The molecule has 5 aliphatic heterocycles. The standard InChI is InChI=1S/C36H45FN8O4/c37-24-16-35(8-2-11-44(35)18-24)22-48-34-39-31-17-36(9-1-4-23-5-6-25(38)14-29(23)36)49-21-28(31)32(40-34)42-10-3-12-45-26(19-42)15-30(41-45)33(47)43-13-7-27(46)20-43/h5-6,14-15,24,27,46H,1-4,7-13,16-22,38H2/t24-,27-,35+,36+/m1/s1. The van der Waals surface area contributed by atoms with Crippen molar-refractivity contribution < 1.29 is 23.8 Å². The molecule has 49 heavy (non-hydrogen) atoms. The van der Waals surface area contributed by atoms with Crippen LogP contribution in [0.1, 0.15) is 83.5 Å². The fraction of sp³-hybridized carbons (Fsp3) is 0.611. The van der Waals surface area contributed by atoms with E-state index in [9.17, 15) is 14.3 Å². The molecule has 7 heterocycles. The van der Waals surface area contributed by atoms with E-state index in [0.29, 0.717) is 76.9 Å². The number of aromatic nitrogens is 4. The number of carbonyl (C=O) groups is 1. The first kappa shape index (κ1) is 31.2. The Morgan fingerprint density at radius 3 is 2.90 bits per heavy atom. The molecule has 3 fully saturated rings. The van der Waals surface area contributed by atoms with Crippen LogP contribution in [0.2, 0.25) is 0 Å². The largest absolute Gasteiger partial charge is 0.461 e. The van der Waals surface area contributed by atoms with Crippen molar-refractivity contribution in [3.05, 3.63) is 58.0 Å². The topological polar surface area (TPSA) is 135 Å². The Morgan fingerprint density at radius 1 is 1.10 bits per heavy atom. The summed E-state index contributed by atoms with van der Waals surface area (Å²) < 4.78 is 29.9. The Kier molecular flexibility index (Phi) is 7.58. The van der Waals surface area contributed by atoms with E-state index in [0.717, 1.165) is 85.6 Å². The van der Waals surface area contributed by atoms with Gasteiger partial charge in [-0.15, -0.1) is 0 Å². The van der Waals surface area contributed by atoms with E-state index >= 15 is 0 Å². The highest BCUT2D eigenvalue weighted by atomic mass is 19.1. The number of aryl methyl sites for hydroxylation is 2. The molecular weight excluding hydrogens is 627 g/mol. The SMILES string of the molecule is Nc1ccc2c(c1)[C@]1(CCC2)Cc2nc(OC[C@@]34CCCN3C[C@H](F)C4)nc(N3CCCn4nc(C(=O)N5CC[C@@H](O)C5)cc4C3)c2CO1. The number of aliphatic hydroxyl groups excluding tert-OH is 1. The minimum atomic E-state index is -0.839. The number of alkyl halides is 1. The normalized spacial score (nSPS) is 29.4. The number of nitrogens with zero attached hydrogens (tertiary/aromatic N) is 7. The highest BCUT2D eigenvalue weighted by Gasteiger charge is 2.50. The van der Waals surface area contributed by atoms with Crippen LogP contribution in [0.4, 0.5) is 15.9 Å². The van der Waals surface area contributed by atoms with E-state index in [2.05, 4.69) is 21.9 Å². The number of amides is 1. The van der Waals surface area contributed by atoms with Gasteiger partial charge in [0.15, 0.2) is 5.69 Å². The van der Waals surface area contributed by atoms with Crippen molar-refractivity contribution in [2.45, 2.75) is 101 Å². The lowest BCUT2D eigenvalue weighted by atomic mass is 9.74. The maximum Gasteiger partial charge on any atom is 0.318 e. The van der Waals surface area contributed by atoms with Gasteiger partial charge in [-0.2, -0.15) is 15.1 Å². The van der Waals surface area contributed by atoms with Crippen molar-refractivity contribution in [1.82, 2.24) is 29.5 Å². The number of fused-ring (bicyclic) bond motifs is 5. The Balaban J connectivity index is 1.06. The van der Waals surface area contributed by atoms with Crippen LogP contribution < -0.4 is 15.4 Å². The first-order chi connectivity index (χ1) is 23.8. The Morgan fingerprint density at radius 2 is 2.02 bits per heavy atom. The number of hydrogen-bond donors (Lipinski definition) is 2. The molecular formula is C36H45FN8O4. The second-order valence-electron chi connectivity index (χ2n) is 15.1. The van der Waals surface area contributed by atoms with Gasteiger partial charge < -0.3 is 30.1 Å². The molecule has 260 valence electrons. The molecule has 0 radical (unpaired) electrons. The lowest BCUT2D eigenvalue weighted by Gasteiger charge is -2.43. The molecule has 9 rings (SSSR count). The zero-order valence-electron chi connectivity index (χ0n) is 27.9. The van der Waals surface area contributed by atoms with Crippen molar-refractivity contribution in [3.8, 4) is 6.01 Å². The molecule has 1 spiro atoms. The summed E-state index contributed by atoms with van der Waals surface area (Å²) in [6.07, 6.45) is 5.99. The number of rotatable bonds is 5. The molecule has 2 aromatic heterocycles. The van der Waals surface area contributed by atoms with E-state index in [1.165, 1.54) is 5.56 Å². The van der Waals surface area contributed by atoms with Gasteiger partial charge in [0.25, 0.3) is 5.91 Å². The van der Waals surface area contributed by atoms with Gasteiger partial charge in [-0.05, 0) is 80.8 Å². The molecule has 3 N–H and O–H groups in total. The van der Waals surface area contributed by atoms with Gasteiger partial charge in [0.1, 0.15) is 18.6 Å². The van der Waals surface area contributed by atoms with Crippen LogP contribution in [-0.4, -0.2) is 97.7 Å². The summed E-state index contributed by atoms with van der Waals surface area (Å²) in [7, 11) is 0. The molecule has 3 saturated heterocycles. The van der Waals surface area contributed by atoms with Crippen molar-refractivity contribution in [3.63, 3.8) is 0 Å². The quantitative estimate of drug-likeness (QED) is 0.390. The monoisotopic (exact) mass is 672 g/mol. The second kappa shape index (κ2) is 11.9. The average molecular weight is 673 g/mol. The van der Waals surface area contributed by atoms with Crippen molar-refractivity contribution in [1.29, 1.82) is 0 Å². The third-order valence-electron chi connectivity index (χ3n) is 11.9. The van der Waals surface area contributed by atoms with Gasteiger partial charge in [0.05, 0.1) is 41.8 Å². The molecule has 3 aromatic rings. The number of anilines is 2. The summed E-state index contributed by atoms with van der Waals surface area (Å²) in [6.45, 7) is 4.88. The third kappa shape index (κ3) is 5.45. The predicted molar refractivity (Wildman–Crippen MR) is 179 cm³/mol. The number of aliphatic hydroxyl groups is 1. The number of carbonyl (C=O) groups excluding carboxylic acids is 1. The molecule has 12 nitrogen and oxygen atoms in total. The average Bonchev–Trinajstić information content (AvgIpc) is 3.84. The molecule has 4 atom stereocenters. The Labute approximate surface area is 285 Å². The first-order valence-electron chi connectivity index (χ1n) is 18.0. The van der Waals surface area contributed by atoms with E-state index in [1.54, 1.807) is 4.90 Å². The maximum atomic E-state index is 14.6. The van der Waals surface area contributed by atoms with Crippen LogP contribution in [0, 0.1) is 0 Å². The number of hydrogen-bond acceptors (Lipinski definition) is 10. The fourth-order valence-corrected chi connectivity index (χ4v) is 9.40. The summed E-state index contributed by atoms with van der Waals surface area (Å²) in [5.74, 6) is 0.632. The lowest BCUT2D eigenvalue weighted by Crippen LogP contribution is -2.44. The summed E-state index contributed by atoms with van der Waals surface area (Å²) >= 11 is 0. The van der Waals surface area contributed by atoms with Gasteiger partial charge in [0, 0.05) is 56.8 Å². The number of nitrogens with two attached hydrogens (primary N) is 1. The van der Waals surface area contributed by atoms with Gasteiger partial charge in [-0.25, -0.2) is 4.39 Å². The number of ether oxygens (including phenoxy) is 2. The van der Waals surface area contributed by atoms with Crippen LogP contribution in [0.15, 0.2) is 24.3 Å². The van der Waals surface area contributed by atoms with E-state index < -0.39 is 17.9 Å². The summed E-state index contributed by atoms with van der Waals surface area (Å²) in [5, 5.41) is 14.7. The van der Waals surface area contributed by atoms with Crippen molar-refractivity contribution >= 4 is 17.4 Å². The minimum absolute atomic E-state index is 0.145. The Bertz CT molecular complexity index is 1790. The van der Waals surface area contributed by atoms with Gasteiger partial charge in [-0.3, -0.25) is 14.4 Å². The summed E-state index contributed by atoms with van der Waals surface area (Å²) in [5.41, 5.74) is 11.8. The molecule has 1 amide bonds. The van der Waals surface area contributed by atoms with E-state index in [-0.39, 0.29) is 11.4 Å². The second-order valence-corrected chi connectivity index (χ2v) is 15.1. The number of nitrogen functional groups attached to an aromatic ring is 1. The molecule has 13 heteroatoms. The summed E-state index contributed by atoms with van der Waals surface area (Å²) in [4.78, 5) is 29.6. The highest BCUT2D eigenvalue weighted by Crippen LogP contribution is 2.47. The van der Waals surface area contributed by atoms with Crippen LogP contribution in [0.25, 0.3) is 0 Å². The van der Waals surface area contributed by atoms with Crippen molar-refractivity contribution in [2.75, 3.05) is 50.0 Å². The molecule has 0 unspecified atom stereocenters. The van der Waals surface area contributed by atoms with Crippen LogP contribution >= 0.6 is 0 Å². The summed E-state index contributed by atoms with van der Waals surface area (Å²) in [6, 6.07) is 8.36. The molecule has 1 aromatic carbocycles.